The molecule has 10 rings (SSSR count). The zero-order valence-corrected chi connectivity index (χ0v) is 34.9. The molecule has 10 aromatic rings. The minimum atomic E-state index is -5.09. The van der Waals surface area contributed by atoms with Crippen LogP contribution in [0.4, 0.5) is 26.3 Å². The third-order valence-corrected chi connectivity index (χ3v) is 11.7. The molecule has 0 aliphatic heterocycles. The Morgan fingerprint density at radius 2 is 0.925 bits per heavy atom. The van der Waals surface area contributed by atoms with E-state index in [0.717, 1.165) is 17.2 Å². The van der Waals surface area contributed by atoms with Crippen LogP contribution in [0.2, 0.25) is 0 Å². The Morgan fingerprint density at radius 3 is 1.48 bits per heavy atom. The van der Waals surface area contributed by atoms with Crippen molar-refractivity contribution in [1.82, 2.24) is 14.5 Å². The topological polar surface area (TPSA) is 78.3 Å². The van der Waals surface area contributed by atoms with Crippen molar-refractivity contribution >= 4 is 21.8 Å². The maximum Gasteiger partial charge on any atom is 0.417 e. The highest BCUT2D eigenvalue weighted by atomic mass is 19.4. The molecule has 67 heavy (non-hydrogen) atoms. The monoisotopic (exact) mass is 887 g/mol. The number of halogens is 6. The Balaban J connectivity index is 1.31. The normalized spacial score (nSPS) is 11.7. The van der Waals surface area contributed by atoms with Crippen molar-refractivity contribution in [3.8, 4) is 85.1 Å². The van der Waals surface area contributed by atoms with Crippen molar-refractivity contribution in [2.75, 3.05) is 0 Å². The zero-order chi connectivity index (χ0) is 46.5. The number of alkyl halides is 6. The molecule has 2 heterocycles. The van der Waals surface area contributed by atoms with Crippen LogP contribution in [0.15, 0.2) is 188 Å². The van der Waals surface area contributed by atoms with E-state index in [1.807, 2.05) is 114 Å². The molecule has 0 spiro atoms. The Hall–Kier alpha value is -8.80. The van der Waals surface area contributed by atoms with E-state index in [1.54, 1.807) is 54.6 Å². The molecule has 0 N–H and O–H groups in total. The van der Waals surface area contributed by atoms with Gasteiger partial charge in [-0.3, -0.25) is 0 Å². The molecule has 322 valence electrons. The van der Waals surface area contributed by atoms with Crippen LogP contribution < -0.4 is 0 Å². The predicted octanol–water partition coefficient (Wildman–Crippen LogP) is 15.4. The quantitative estimate of drug-likeness (QED) is 0.149. The second-order valence-electron chi connectivity index (χ2n) is 15.8. The summed E-state index contributed by atoms with van der Waals surface area (Å²) in [4.78, 5) is 10.3. The number of hydrogen-bond acceptors (Lipinski definition) is 4. The van der Waals surface area contributed by atoms with Gasteiger partial charge in [-0.1, -0.05) is 115 Å². The largest absolute Gasteiger partial charge is 0.417 e. The van der Waals surface area contributed by atoms with Crippen LogP contribution in [0, 0.1) is 22.7 Å². The first-order valence-electron chi connectivity index (χ1n) is 20.9. The number of para-hydroxylation sites is 1. The second kappa shape index (κ2) is 16.6. The van der Waals surface area contributed by atoms with Crippen LogP contribution >= 0.6 is 0 Å². The van der Waals surface area contributed by atoms with Gasteiger partial charge < -0.3 is 4.57 Å². The predicted molar refractivity (Wildman–Crippen MR) is 248 cm³/mol. The van der Waals surface area contributed by atoms with Gasteiger partial charge in [0.2, 0.25) is 0 Å². The number of fused-ring (bicyclic) bond motifs is 3. The molecule has 0 saturated heterocycles. The van der Waals surface area contributed by atoms with E-state index in [-0.39, 0.29) is 11.6 Å². The Labute approximate surface area is 379 Å². The Morgan fingerprint density at radius 1 is 0.403 bits per heavy atom. The van der Waals surface area contributed by atoms with Crippen molar-refractivity contribution in [3.05, 3.63) is 210 Å². The molecule has 5 nitrogen and oxygen atoms in total. The molecule has 0 aliphatic rings. The maximum atomic E-state index is 14.6. The first-order chi connectivity index (χ1) is 32.4. The van der Waals surface area contributed by atoms with Crippen LogP contribution in [0.3, 0.4) is 0 Å². The number of nitrogens with zero attached hydrogens (tertiary/aromatic N) is 5. The van der Waals surface area contributed by atoms with Crippen LogP contribution in [0.1, 0.15) is 22.3 Å². The molecule has 0 bridgehead atoms. The highest BCUT2D eigenvalue weighted by Crippen LogP contribution is 2.46. The summed E-state index contributed by atoms with van der Waals surface area (Å²) in [5.74, 6) is 0.394. The molecule has 0 atom stereocenters. The fourth-order valence-corrected chi connectivity index (χ4v) is 8.64. The van der Waals surface area contributed by atoms with Crippen LogP contribution in [-0.4, -0.2) is 14.5 Å². The molecule has 0 fully saturated rings. The molecule has 0 radical (unpaired) electrons. The SMILES string of the molecule is N#Cc1cccc(-c2cc(-c3nc(-c4ccccc4)cc(-c4ccccc4)n3)cc(-c3cccc(C#N)c3)c2-n2c3ccccc3c3cc(-c4ccc(C(F)(F)F)cc4C(F)(F)F)ccc32)c1. The Bertz CT molecular complexity index is 3500. The number of rotatable bonds is 7. The van der Waals surface area contributed by atoms with E-state index in [0.29, 0.717) is 89.7 Å². The van der Waals surface area contributed by atoms with E-state index in [2.05, 4.69) is 12.1 Å². The molecule has 11 heteroatoms. The van der Waals surface area contributed by atoms with Crippen LogP contribution in [-0.2, 0) is 12.4 Å². The fourth-order valence-electron chi connectivity index (χ4n) is 8.64. The fraction of sp³-hybridized carbons (Fsp3) is 0.0357. The summed E-state index contributed by atoms with van der Waals surface area (Å²) in [6, 6.07) is 57.8. The third-order valence-electron chi connectivity index (χ3n) is 11.7. The van der Waals surface area contributed by atoms with Gasteiger partial charge in [0.05, 0.1) is 62.5 Å². The minimum Gasteiger partial charge on any atom is -0.308 e. The first kappa shape index (κ1) is 42.2. The van der Waals surface area contributed by atoms with E-state index in [9.17, 15) is 36.9 Å². The molecule has 8 aromatic carbocycles. The lowest BCUT2D eigenvalue weighted by atomic mass is 9.91. The van der Waals surface area contributed by atoms with Gasteiger partial charge in [-0.25, -0.2) is 9.97 Å². The van der Waals surface area contributed by atoms with Crippen molar-refractivity contribution in [3.63, 3.8) is 0 Å². The van der Waals surface area contributed by atoms with Gasteiger partial charge in [0.1, 0.15) is 0 Å². The molecular formula is C56H31F6N5. The summed E-state index contributed by atoms with van der Waals surface area (Å²) < 4.78 is 86.9. The molecule has 0 aliphatic carbocycles. The van der Waals surface area contributed by atoms with E-state index >= 15 is 0 Å². The van der Waals surface area contributed by atoms with Crippen molar-refractivity contribution in [1.29, 1.82) is 10.5 Å². The lowest BCUT2D eigenvalue weighted by molar-refractivity contribution is -0.142. The molecule has 0 amide bonds. The zero-order valence-electron chi connectivity index (χ0n) is 34.9. The van der Waals surface area contributed by atoms with Crippen LogP contribution in [0.25, 0.3) is 94.8 Å². The smallest absolute Gasteiger partial charge is 0.308 e. The summed E-state index contributed by atoms with van der Waals surface area (Å²) in [6.45, 7) is 0. The lowest BCUT2D eigenvalue weighted by Crippen LogP contribution is -2.12. The highest BCUT2D eigenvalue weighted by Gasteiger charge is 2.38. The second-order valence-corrected chi connectivity index (χ2v) is 15.8. The molecule has 0 saturated carbocycles. The van der Waals surface area contributed by atoms with E-state index in [4.69, 9.17) is 9.97 Å². The third kappa shape index (κ3) is 7.94. The summed E-state index contributed by atoms with van der Waals surface area (Å²) in [7, 11) is 0. The van der Waals surface area contributed by atoms with Gasteiger partial charge in [0, 0.05) is 38.6 Å². The van der Waals surface area contributed by atoms with Crippen molar-refractivity contribution in [2.24, 2.45) is 0 Å². The van der Waals surface area contributed by atoms with Gasteiger partial charge in [0.15, 0.2) is 5.82 Å². The van der Waals surface area contributed by atoms with Gasteiger partial charge in [0.25, 0.3) is 0 Å². The maximum absolute atomic E-state index is 14.6. The van der Waals surface area contributed by atoms with Gasteiger partial charge in [-0.15, -0.1) is 0 Å². The number of aromatic nitrogens is 3. The number of benzene rings is 8. The molecule has 2 aromatic heterocycles. The number of nitriles is 2. The summed E-state index contributed by atoms with van der Waals surface area (Å²) in [5, 5.41) is 21.5. The highest BCUT2D eigenvalue weighted by molar-refractivity contribution is 6.12. The first-order valence-corrected chi connectivity index (χ1v) is 20.9. The minimum absolute atomic E-state index is 0.0698. The molecule has 0 unspecified atom stereocenters. The number of hydrogen-bond donors (Lipinski definition) is 0. The van der Waals surface area contributed by atoms with Crippen molar-refractivity contribution in [2.45, 2.75) is 12.4 Å². The average Bonchev–Trinajstić information content (AvgIpc) is 3.69. The summed E-state index contributed by atoms with van der Waals surface area (Å²) in [6.07, 6.45) is -10.1. The summed E-state index contributed by atoms with van der Waals surface area (Å²) in [5.41, 5.74) is 5.75. The molecular weight excluding hydrogens is 857 g/mol. The van der Waals surface area contributed by atoms with Crippen LogP contribution in [0.5, 0.6) is 0 Å². The van der Waals surface area contributed by atoms with Gasteiger partial charge >= 0.3 is 12.4 Å². The summed E-state index contributed by atoms with van der Waals surface area (Å²) >= 11 is 0. The standard InChI is InChI=1S/C56H31F6N5/c57-55(58,59)42-22-23-43(48(30-42)56(60,61)62)40-21-24-52-47(27-40)44-19-7-8-20-51(44)67(52)53-45(38-17-9-11-34(25-38)32-63)28-41(29-46(53)39-18-10-12-35(26-39)33-64)54-65-49(36-13-3-1-4-14-36)31-50(66-54)37-15-5-2-6-16-37/h1-31H. The van der Waals surface area contributed by atoms with Gasteiger partial charge in [-0.2, -0.15) is 36.9 Å². The van der Waals surface area contributed by atoms with Gasteiger partial charge in [-0.05, 0) is 95.1 Å². The lowest BCUT2D eigenvalue weighted by Gasteiger charge is -2.21. The average molecular weight is 888 g/mol. The van der Waals surface area contributed by atoms with E-state index in [1.165, 1.54) is 6.07 Å². The van der Waals surface area contributed by atoms with E-state index < -0.39 is 29.0 Å². The van der Waals surface area contributed by atoms with Crippen molar-refractivity contribution < 1.29 is 26.3 Å². The Kier molecular flexibility index (Phi) is 10.5.